The van der Waals surface area contributed by atoms with Crippen molar-refractivity contribution in [2.75, 3.05) is 12.8 Å². The zero-order chi connectivity index (χ0) is 10.7. The molecule has 0 aliphatic carbocycles. The van der Waals surface area contributed by atoms with Gasteiger partial charge in [-0.3, -0.25) is 0 Å². The van der Waals surface area contributed by atoms with Crippen LogP contribution in [0.3, 0.4) is 0 Å². The third kappa shape index (κ3) is 1.93. The van der Waals surface area contributed by atoms with Crippen LogP contribution in [-0.4, -0.2) is 19.3 Å². The summed E-state index contributed by atoms with van der Waals surface area (Å²) in [5.41, 5.74) is 6.94. The van der Waals surface area contributed by atoms with E-state index in [1.54, 1.807) is 6.07 Å². The summed E-state index contributed by atoms with van der Waals surface area (Å²) in [7, 11) is 1.30. The van der Waals surface area contributed by atoms with Crippen LogP contribution in [0.5, 0.6) is 0 Å². The first kappa shape index (κ1) is 10.7. The molecule has 1 rings (SSSR count). The van der Waals surface area contributed by atoms with E-state index in [9.17, 15) is 4.79 Å². The number of ether oxygens (including phenoxy) is 1. The third-order valence-corrected chi connectivity index (χ3v) is 2.39. The Bertz CT molecular complexity index is 391. The first-order chi connectivity index (χ1) is 6.60. The van der Waals surface area contributed by atoms with Gasteiger partial charge in [0, 0.05) is 16.3 Å². The minimum Gasteiger partial charge on any atom is -0.465 e. The van der Waals surface area contributed by atoms with E-state index in [1.807, 2.05) is 0 Å². The van der Waals surface area contributed by atoms with Gasteiger partial charge >= 0.3 is 5.97 Å². The summed E-state index contributed by atoms with van der Waals surface area (Å²) in [5, 5.41) is 7.10. The highest BCUT2D eigenvalue weighted by Crippen LogP contribution is 2.24. The molecule has 0 saturated heterocycles. The SMILES string of the molecule is COC(=O)c1cc(Br)c(N)c(C=N)c1. The van der Waals surface area contributed by atoms with Crippen LogP contribution >= 0.6 is 15.9 Å². The lowest BCUT2D eigenvalue weighted by Gasteiger charge is -2.05. The topological polar surface area (TPSA) is 76.2 Å². The molecule has 0 aliphatic rings. The maximum atomic E-state index is 11.2. The maximum absolute atomic E-state index is 11.2. The predicted molar refractivity (Wildman–Crippen MR) is 57.8 cm³/mol. The molecule has 1 aromatic rings. The lowest BCUT2D eigenvalue weighted by Crippen LogP contribution is -2.04. The molecule has 0 atom stereocenters. The van der Waals surface area contributed by atoms with Crippen molar-refractivity contribution in [1.82, 2.24) is 0 Å². The quantitative estimate of drug-likeness (QED) is 0.482. The molecule has 4 nitrogen and oxygen atoms in total. The Hall–Kier alpha value is -1.36. The summed E-state index contributed by atoms with van der Waals surface area (Å²) in [4.78, 5) is 11.2. The molecule has 3 N–H and O–H groups in total. The van der Waals surface area contributed by atoms with E-state index >= 15 is 0 Å². The molecule has 0 heterocycles. The minimum absolute atomic E-state index is 0.368. The number of rotatable bonds is 2. The van der Waals surface area contributed by atoms with Crippen LogP contribution in [0, 0.1) is 5.41 Å². The number of halogens is 1. The molecule has 0 bridgehead atoms. The number of nitrogen functional groups attached to an aromatic ring is 1. The average Bonchev–Trinajstić information content (AvgIpc) is 2.20. The van der Waals surface area contributed by atoms with E-state index in [4.69, 9.17) is 11.1 Å². The van der Waals surface area contributed by atoms with Crippen LogP contribution < -0.4 is 5.73 Å². The molecular formula is C9H9BrN2O2. The van der Waals surface area contributed by atoms with Gasteiger partial charge < -0.3 is 15.9 Å². The van der Waals surface area contributed by atoms with Crippen LogP contribution in [0.4, 0.5) is 5.69 Å². The molecule has 0 amide bonds. The van der Waals surface area contributed by atoms with E-state index in [1.165, 1.54) is 13.2 Å². The van der Waals surface area contributed by atoms with Gasteiger partial charge in [-0.2, -0.15) is 0 Å². The van der Waals surface area contributed by atoms with E-state index in [0.717, 1.165) is 6.21 Å². The van der Waals surface area contributed by atoms with Crippen molar-refractivity contribution < 1.29 is 9.53 Å². The number of hydrogen-bond donors (Lipinski definition) is 2. The molecule has 14 heavy (non-hydrogen) atoms. The van der Waals surface area contributed by atoms with Gasteiger partial charge in [0.05, 0.1) is 18.4 Å². The van der Waals surface area contributed by atoms with Crippen LogP contribution in [0.15, 0.2) is 16.6 Å². The lowest BCUT2D eigenvalue weighted by atomic mass is 10.1. The number of methoxy groups -OCH3 is 1. The van der Waals surface area contributed by atoms with E-state index in [0.29, 0.717) is 21.3 Å². The van der Waals surface area contributed by atoms with E-state index in [2.05, 4.69) is 20.7 Å². The highest BCUT2D eigenvalue weighted by atomic mass is 79.9. The fraction of sp³-hybridized carbons (Fsp3) is 0.111. The first-order valence-electron chi connectivity index (χ1n) is 3.78. The third-order valence-electron chi connectivity index (χ3n) is 1.74. The molecule has 0 aromatic heterocycles. The number of carbonyl (C=O) groups excluding carboxylic acids is 1. The van der Waals surface area contributed by atoms with Crippen molar-refractivity contribution in [2.24, 2.45) is 0 Å². The van der Waals surface area contributed by atoms with Crippen LogP contribution in [0.1, 0.15) is 15.9 Å². The van der Waals surface area contributed by atoms with Crippen LogP contribution in [0.2, 0.25) is 0 Å². The number of anilines is 1. The Labute approximate surface area is 89.7 Å². The Morgan fingerprint density at radius 3 is 2.79 bits per heavy atom. The lowest BCUT2D eigenvalue weighted by molar-refractivity contribution is 0.0600. The number of nitrogens with one attached hydrogen (secondary N) is 1. The zero-order valence-electron chi connectivity index (χ0n) is 7.50. The second-order valence-electron chi connectivity index (χ2n) is 2.60. The fourth-order valence-corrected chi connectivity index (χ4v) is 1.47. The first-order valence-corrected chi connectivity index (χ1v) is 4.57. The molecule has 74 valence electrons. The number of esters is 1. The monoisotopic (exact) mass is 256 g/mol. The smallest absolute Gasteiger partial charge is 0.337 e. The highest BCUT2D eigenvalue weighted by molar-refractivity contribution is 9.10. The van der Waals surface area contributed by atoms with Gasteiger partial charge in [0.25, 0.3) is 0 Å². The Balaban J connectivity index is 3.29. The van der Waals surface area contributed by atoms with Gasteiger partial charge in [-0.1, -0.05) is 0 Å². The van der Waals surface area contributed by atoms with Crippen molar-refractivity contribution in [1.29, 1.82) is 5.41 Å². The normalized spacial score (nSPS) is 9.57. The van der Waals surface area contributed by atoms with Crippen molar-refractivity contribution >= 4 is 33.8 Å². The predicted octanol–water partition coefficient (Wildman–Crippen LogP) is 1.82. The largest absolute Gasteiger partial charge is 0.465 e. The van der Waals surface area contributed by atoms with Gasteiger partial charge in [0.2, 0.25) is 0 Å². The summed E-state index contributed by atoms with van der Waals surface area (Å²) in [6.45, 7) is 0. The van der Waals surface area contributed by atoms with Gasteiger partial charge in [0.15, 0.2) is 0 Å². The maximum Gasteiger partial charge on any atom is 0.337 e. The standard InChI is InChI=1S/C9H9BrN2O2/c1-14-9(13)5-2-6(4-11)8(12)7(10)3-5/h2-4,11H,12H2,1H3. The zero-order valence-corrected chi connectivity index (χ0v) is 9.09. The van der Waals surface area contributed by atoms with Gasteiger partial charge in [-0.05, 0) is 28.1 Å². The van der Waals surface area contributed by atoms with Crippen LogP contribution in [-0.2, 0) is 4.74 Å². The summed E-state index contributed by atoms with van der Waals surface area (Å²) < 4.78 is 5.14. The number of carbonyl (C=O) groups is 1. The molecule has 1 aromatic carbocycles. The minimum atomic E-state index is -0.450. The van der Waals surface area contributed by atoms with Crippen LogP contribution in [0.25, 0.3) is 0 Å². The van der Waals surface area contributed by atoms with Gasteiger partial charge in [0.1, 0.15) is 0 Å². The van der Waals surface area contributed by atoms with Crippen molar-refractivity contribution in [3.05, 3.63) is 27.7 Å². The molecule has 5 heteroatoms. The number of benzene rings is 1. The molecule has 0 fully saturated rings. The summed E-state index contributed by atoms with van der Waals surface area (Å²) >= 11 is 3.20. The van der Waals surface area contributed by atoms with Gasteiger partial charge in [-0.25, -0.2) is 4.79 Å². The summed E-state index contributed by atoms with van der Waals surface area (Å²) in [5.74, 6) is -0.450. The molecule has 0 aliphatic heterocycles. The van der Waals surface area contributed by atoms with E-state index in [-0.39, 0.29) is 0 Å². The van der Waals surface area contributed by atoms with E-state index < -0.39 is 5.97 Å². The second kappa shape index (κ2) is 4.23. The Morgan fingerprint density at radius 2 is 2.29 bits per heavy atom. The molecule has 0 spiro atoms. The summed E-state index contributed by atoms with van der Waals surface area (Å²) in [6.07, 6.45) is 1.09. The Morgan fingerprint density at radius 1 is 1.64 bits per heavy atom. The molecule has 0 radical (unpaired) electrons. The Kier molecular flexibility index (Phi) is 3.24. The average molecular weight is 257 g/mol. The molecular weight excluding hydrogens is 248 g/mol. The highest BCUT2D eigenvalue weighted by Gasteiger charge is 2.10. The molecule has 0 unspecified atom stereocenters. The van der Waals surface area contributed by atoms with Crippen molar-refractivity contribution in [3.8, 4) is 0 Å². The molecule has 0 saturated carbocycles. The second-order valence-corrected chi connectivity index (χ2v) is 3.45. The van der Waals surface area contributed by atoms with Gasteiger partial charge in [-0.15, -0.1) is 0 Å². The summed E-state index contributed by atoms with van der Waals surface area (Å²) in [6, 6.07) is 3.08. The number of hydrogen-bond acceptors (Lipinski definition) is 4. The van der Waals surface area contributed by atoms with Crippen molar-refractivity contribution in [3.63, 3.8) is 0 Å². The number of nitrogens with two attached hydrogens (primary N) is 1. The fourth-order valence-electron chi connectivity index (χ4n) is 0.994. The van der Waals surface area contributed by atoms with Crippen molar-refractivity contribution in [2.45, 2.75) is 0 Å².